The van der Waals surface area contributed by atoms with Crippen LogP contribution in [0.4, 0.5) is 5.69 Å². The summed E-state index contributed by atoms with van der Waals surface area (Å²) in [5, 5.41) is 3.10. The van der Waals surface area contributed by atoms with Crippen molar-refractivity contribution in [2.45, 2.75) is 30.6 Å². The predicted octanol–water partition coefficient (Wildman–Crippen LogP) is 3.40. The SMILES string of the molecule is CN(C)C(=O)c1cc(NC(=O)CCc2ccc(S(=O)(=O)N3CCCC3)cc2)ccc1Cl. The van der Waals surface area contributed by atoms with Crippen LogP contribution in [0, 0.1) is 0 Å². The molecule has 31 heavy (non-hydrogen) atoms. The lowest BCUT2D eigenvalue weighted by Crippen LogP contribution is -2.27. The van der Waals surface area contributed by atoms with E-state index in [0.29, 0.717) is 35.8 Å². The Morgan fingerprint density at radius 1 is 1.06 bits per heavy atom. The summed E-state index contributed by atoms with van der Waals surface area (Å²) in [5.74, 6) is -0.454. The van der Waals surface area contributed by atoms with Gasteiger partial charge >= 0.3 is 0 Å². The van der Waals surface area contributed by atoms with Crippen LogP contribution < -0.4 is 5.32 Å². The van der Waals surface area contributed by atoms with Gasteiger partial charge in [-0.05, 0) is 55.2 Å². The minimum absolute atomic E-state index is 0.209. The number of rotatable bonds is 7. The van der Waals surface area contributed by atoms with Crippen molar-refractivity contribution in [3.63, 3.8) is 0 Å². The van der Waals surface area contributed by atoms with Crippen molar-refractivity contribution in [3.8, 4) is 0 Å². The summed E-state index contributed by atoms with van der Waals surface area (Å²) in [5.41, 5.74) is 1.68. The number of carbonyl (C=O) groups excluding carboxylic acids is 2. The summed E-state index contributed by atoms with van der Waals surface area (Å²) in [6.07, 6.45) is 2.47. The third-order valence-electron chi connectivity index (χ3n) is 5.15. The molecule has 9 heteroatoms. The first-order valence-corrected chi connectivity index (χ1v) is 11.9. The van der Waals surface area contributed by atoms with E-state index in [0.717, 1.165) is 18.4 Å². The molecule has 0 unspecified atom stereocenters. The van der Waals surface area contributed by atoms with Gasteiger partial charge in [0.2, 0.25) is 15.9 Å². The van der Waals surface area contributed by atoms with E-state index in [1.807, 2.05) is 0 Å². The average molecular weight is 464 g/mol. The molecule has 2 aromatic rings. The van der Waals surface area contributed by atoms with Crippen LogP contribution in [0.1, 0.15) is 35.2 Å². The third-order valence-corrected chi connectivity index (χ3v) is 7.40. The fourth-order valence-corrected chi connectivity index (χ4v) is 5.11. The maximum atomic E-state index is 12.6. The highest BCUT2D eigenvalue weighted by Gasteiger charge is 2.26. The molecule has 0 bridgehead atoms. The van der Waals surface area contributed by atoms with Gasteiger partial charge in [0.05, 0.1) is 15.5 Å². The summed E-state index contributed by atoms with van der Waals surface area (Å²) in [6.45, 7) is 1.13. The van der Waals surface area contributed by atoms with E-state index in [1.165, 1.54) is 9.21 Å². The van der Waals surface area contributed by atoms with Crippen LogP contribution in [0.5, 0.6) is 0 Å². The van der Waals surface area contributed by atoms with Gasteiger partial charge in [-0.2, -0.15) is 4.31 Å². The lowest BCUT2D eigenvalue weighted by Gasteiger charge is -2.15. The maximum absolute atomic E-state index is 12.6. The molecule has 1 saturated heterocycles. The lowest BCUT2D eigenvalue weighted by atomic mass is 10.1. The van der Waals surface area contributed by atoms with Gasteiger partial charge in [-0.15, -0.1) is 0 Å². The van der Waals surface area contributed by atoms with Crippen molar-refractivity contribution in [2.24, 2.45) is 0 Å². The van der Waals surface area contributed by atoms with Gasteiger partial charge in [-0.3, -0.25) is 9.59 Å². The first-order valence-electron chi connectivity index (χ1n) is 10.1. The number of anilines is 1. The maximum Gasteiger partial charge on any atom is 0.254 e. The van der Waals surface area contributed by atoms with E-state index in [9.17, 15) is 18.0 Å². The fraction of sp³-hybridized carbons (Fsp3) is 0.364. The highest BCUT2D eigenvalue weighted by molar-refractivity contribution is 7.89. The van der Waals surface area contributed by atoms with Crippen LogP contribution in [0.25, 0.3) is 0 Å². The van der Waals surface area contributed by atoms with Crippen LogP contribution in [-0.2, 0) is 21.2 Å². The highest BCUT2D eigenvalue weighted by Crippen LogP contribution is 2.23. The molecule has 0 aliphatic carbocycles. The molecule has 0 aromatic heterocycles. The Hall–Kier alpha value is -2.42. The second-order valence-corrected chi connectivity index (χ2v) is 10.0. The van der Waals surface area contributed by atoms with Gasteiger partial charge in [0.15, 0.2) is 0 Å². The molecule has 0 radical (unpaired) electrons. The van der Waals surface area contributed by atoms with Gasteiger partial charge in [-0.1, -0.05) is 23.7 Å². The number of amides is 2. The highest BCUT2D eigenvalue weighted by atomic mass is 35.5. The molecule has 7 nitrogen and oxygen atoms in total. The monoisotopic (exact) mass is 463 g/mol. The standard InChI is InChI=1S/C22H26ClN3O4S/c1-25(2)22(28)19-15-17(8-11-20(19)23)24-21(27)12-7-16-5-9-18(10-6-16)31(29,30)26-13-3-4-14-26/h5-6,8-11,15H,3-4,7,12-14H2,1-2H3,(H,24,27). The average Bonchev–Trinajstić information content (AvgIpc) is 3.29. The first-order chi connectivity index (χ1) is 14.7. The zero-order valence-electron chi connectivity index (χ0n) is 17.6. The van der Waals surface area contributed by atoms with Crippen molar-refractivity contribution >= 4 is 39.1 Å². The summed E-state index contributed by atoms with van der Waals surface area (Å²) in [6, 6.07) is 11.5. The smallest absolute Gasteiger partial charge is 0.254 e. The molecule has 1 fully saturated rings. The van der Waals surface area contributed by atoms with Gasteiger partial charge in [-0.25, -0.2) is 8.42 Å². The molecule has 1 N–H and O–H groups in total. The Kier molecular flexibility index (Phi) is 7.35. The van der Waals surface area contributed by atoms with Crippen molar-refractivity contribution in [2.75, 3.05) is 32.5 Å². The lowest BCUT2D eigenvalue weighted by molar-refractivity contribution is -0.116. The van der Waals surface area contributed by atoms with Crippen molar-refractivity contribution in [3.05, 3.63) is 58.6 Å². The molecule has 0 saturated carbocycles. The van der Waals surface area contributed by atoms with E-state index in [-0.39, 0.29) is 23.1 Å². The second-order valence-electron chi connectivity index (χ2n) is 7.70. The second kappa shape index (κ2) is 9.80. The summed E-state index contributed by atoms with van der Waals surface area (Å²) < 4.78 is 26.7. The number of sulfonamides is 1. The largest absolute Gasteiger partial charge is 0.345 e. The molecule has 0 spiro atoms. The van der Waals surface area contributed by atoms with E-state index in [2.05, 4.69) is 5.32 Å². The molecule has 1 aliphatic heterocycles. The van der Waals surface area contributed by atoms with Crippen LogP contribution in [-0.4, -0.2) is 56.6 Å². The molecule has 2 amide bonds. The number of benzene rings is 2. The number of aryl methyl sites for hydroxylation is 1. The van der Waals surface area contributed by atoms with Crippen molar-refractivity contribution in [1.29, 1.82) is 0 Å². The van der Waals surface area contributed by atoms with Gasteiger partial charge in [0.1, 0.15) is 0 Å². The molecule has 1 aliphatic rings. The van der Waals surface area contributed by atoms with Crippen LogP contribution >= 0.6 is 11.6 Å². The van der Waals surface area contributed by atoms with Crippen molar-refractivity contribution < 1.29 is 18.0 Å². The van der Waals surface area contributed by atoms with Crippen LogP contribution in [0.2, 0.25) is 5.02 Å². The Bertz CT molecular complexity index is 1060. The van der Waals surface area contributed by atoms with E-state index >= 15 is 0 Å². The molecular weight excluding hydrogens is 438 g/mol. The van der Waals surface area contributed by atoms with Gasteiger partial charge in [0.25, 0.3) is 5.91 Å². The number of hydrogen-bond acceptors (Lipinski definition) is 4. The number of hydrogen-bond donors (Lipinski definition) is 1. The summed E-state index contributed by atoms with van der Waals surface area (Å²) in [7, 11) is -0.175. The van der Waals surface area contributed by atoms with Crippen LogP contribution in [0.3, 0.4) is 0 Å². The Labute approximate surface area is 188 Å². The van der Waals surface area contributed by atoms with Crippen molar-refractivity contribution in [1.82, 2.24) is 9.21 Å². The zero-order chi connectivity index (χ0) is 22.6. The number of halogens is 1. The first kappa shape index (κ1) is 23.2. The third kappa shape index (κ3) is 5.64. The van der Waals surface area contributed by atoms with Crippen LogP contribution in [0.15, 0.2) is 47.4 Å². The molecule has 0 atom stereocenters. The minimum atomic E-state index is -3.44. The topological polar surface area (TPSA) is 86.8 Å². The number of carbonyl (C=O) groups is 2. The number of nitrogens with one attached hydrogen (secondary N) is 1. The molecule has 166 valence electrons. The minimum Gasteiger partial charge on any atom is -0.345 e. The van der Waals surface area contributed by atoms with Gasteiger partial charge in [0, 0.05) is 39.3 Å². The quantitative estimate of drug-likeness (QED) is 0.681. The molecule has 3 rings (SSSR count). The number of nitrogens with zero attached hydrogens (tertiary/aromatic N) is 2. The fourth-order valence-electron chi connectivity index (χ4n) is 3.39. The Morgan fingerprint density at radius 3 is 2.32 bits per heavy atom. The normalized spacial score (nSPS) is 14.4. The predicted molar refractivity (Wildman–Crippen MR) is 121 cm³/mol. The summed E-state index contributed by atoms with van der Waals surface area (Å²) in [4.78, 5) is 26.2. The molecule has 2 aromatic carbocycles. The molecular formula is C22H26ClN3O4S. The van der Waals surface area contributed by atoms with E-state index in [1.54, 1.807) is 56.6 Å². The molecule has 1 heterocycles. The Morgan fingerprint density at radius 2 is 1.71 bits per heavy atom. The van der Waals surface area contributed by atoms with E-state index < -0.39 is 10.0 Å². The Balaban J connectivity index is 1.59. The zero-order valence-corrected chi connectivity index (χ0v) is 19.2. The van der Waals surface area contributed by atoms with Gasteiger partial charge < -0.3 is 10.2 Å². The summed E-state index contributed by atoms with van der Waals surface area (Å²) >= 11 is 6.09. The van der Waals surface area contributed by atoms with E-state index in [4.69, 9.17) is 11.6 Å².